The third-order valence-electron chi connectivity index (χ3n) is 5.85. The maximum absolute atomic E-state index is 14.1. The Hall–Kier alpha value is -3.33. The van der Waals surface area contributed by atoms with Gasteiger partial charge in [0.05, 0.1) is 24.8 Å². The van der Waals surface area contributed by atoms with E-state index in [1.807, 2.05) is 55.5 Å². The number of benzene rings is 2. The molecule has 182 valence electrons. The molecule has 0 aliphatic carbocycles. The van der Waals surface area contributed by atoms with Gasteiger partial charge in [0, 0.05) is 30.7 Å². The summed E-state index contributed by atoms with van der Waals surface area (Å²) in [5, 5.41) is 3.46. The minimum Gasteiger partial charge on any atom is -0.375 e. The van der Waals surface area contributed by atoms with E-state index in [0.717, 1.165) is 22.9 Å². The molecule has 1 atom stereocenters. The molecule has 1 N–H and O–H groups in total. The van der Waals surface area contributed by atoms with E-state index in [-0.39, 0.29) is 30.4 Å². The van der Waals surface area contributed by atoms with Crippen LogP contribution in [-0.4, -0.2) is 36.3 Å². The molecule has 8 heteroatoms. The SMILES string of the molecule is CC/C=C\C=C/NC(=O)C[C@@H]1COCc2ccccc2CN1S(=O)(=O)c1cccc2cccnc12. The van der Waals surface area contributed by atoms with E-state index in [9.17, 15) is 13.2 Å². The molecule has 1 amide bonds. The van der Waals surface area contributed by atoms with Gasteiger partial charge in [0.1, 0.15) is 4.90 Å². The van der Waals surface area contributed by atoms with Crippen molar-refractivity contribution in [3.63, 3.8) is 0 Å². The molecule has 0 bridgehead atoms. The summed E-state index contributed by atoms with van der Waals surface area (Å²) in [7, 11) is -4.02. The highest BCUT2D eigenvalue weighted by Gasteiger charge is 2.36. The van der Waals surface area contributed by atoms with Gasteiger partial charge in [-0.05, 0) is 35.8 Å². The molecule has 1 aliphatic heterocycles. The first kappa shape index (κ1) is 24.8. The Labute approximate surface area is 206 Å². The third-order valence-corrected chi connectivity index (χ3v) is 7.78. The topological polar surface area (TPSA) is 88.6 Å². The number of allylic oxidation sites excluding steroid dienone is 3. The van der Waals surface area contributed by atoms with Gasteiger partial charge in [-0.25, -0.2) is 8.42 Å². The zero-order chi connectivity index (χ0) is 24.7. The van der Waals surface area contributed by atoms with Gasteiger partial charge < -0.3 is 10.1 Å². The predicted octanol–water partition coefficient (Wildman–Crippen LogP) is 4.31. The maximum Gasteiger partial charge on any atom is 0.245 e. The van der Waals surface area contributed by atoms with Gasteiger partial charge >= 0.3 is 0 Å². The molecule has 0 saturated heterocycles. The molecule has 35 heavy (non-hydrogen) atoms. The molecular formula is C27H29N3O4S. The summed E-state index contributed by atoms with van der Waals surface area (Å²) >= 11 is 0. The lowest BCUT2D eigenvalue weighted by Crippen LogP contribution is -2.45. The fraction of sp³-hybridized carbons (Fsp3) is 0.259. The van der Waals surface area contributed by atoms with E-state index in [2.05, 4.69) is 10.3 Å². The Balaban J connectivity index is 1.70. The van der Waals surface area contributed by atoms with Crippen molar-refractivity contribution in [3.05, 3.63) is 96.3 Å². The number of hydrogen-bond acceptors (Lipinski definition) is 5. The van der Waals surface area contributed by atoms with Crippen LogP contribution in [0.25, 0.3) is 10.9 Å². The highest BCUT2D eigenvalue weighted by molar-refractivity contribution is 7.89. The number of sulfonamides is 1. The molecule has 0 fully saturated rings. The number of amides is 1. The summed E-state index contributed by atoms with van der Waals surface area (Å²) in [4.78, 5) is 17.2. The number of nitrogens with zero attached hydrogens (tertiary/aromatic N) is 2. The van der Waals surface area contributed by atoms with Crippen LogP contribution in [0.2, 0.25) is 0 Å². The molecule has 3 aromatic rings. The van der Waals surface area contributed by atoms with Gasteiger partial charge in [-0.2, -0.15) is 4.31 Å². The number of aromatic nitrogens is 1. The third kappa shape index (κ3) is 5.85. The Morgan fingerprint density at radius 3 is 2.74 bits per heavy atom. The number of pyridine rings is 1. The predicted molar refractivity (Wildman–Crippen MR) is 136 cm³/mol. The first-order valence-electron chi connectivity index (χ1n) is 11.6. The number of rotatable bonds is 7. The summed E-state index contributed by atoms with van der Waals surface area (Å²) in [5.74, 6) is -0.287. The lowest BCUT2D eigenvalue weighted by atomic mass is 10.1. The second-order valence-corrected chi connectivity index (χ2v) is 10.1. The number of nitrogens with one attached hydrogen (secondary N) is 1. The van der Waals surface area contributed by atoms with Crippen LogP contribution in [0, 0.1) is 0 Å². The van der Waals surface area contributed by atoms with Gasteiger partial charge in [0.2, 0.25) is 15.9 Å². The summed E-state index contributed by atoms with van der Waals surface area (Å²) in [6, 6.07) is 15.6. The Morgan fingerprint density at radius 2 is 1.91 bits per heavy atom. The van der Waals surface area contributed by atoms with Crippen LogP contribution >= 0.6 is 0 Å². The summed E-state index contributed by atoms with van der Waals surface area (Å²) in [6.07, 6.45) is 9.55. The number of para-hydroxylation sites is 1. The van der Waals surface area contributed by atoms with E-state index in [1.54, 1.807) is 36.7 Å². The molecule has 0 spiro atoms. The van der Waals surface area contributed by atoms with E-state index in [1.165, 1.54) is 4.31 Å². The van der Waals surface area contributed by atoms with Gasteiger partial charge in [-0.3, -0.25) is 9.78 Å². The lowest BCUT2D eigenvalue weighted by molar-refractivity contribution is -0.121. The first-order chi connectivity index (χ1) is 17.0. The summed E-state index contributed by atoms with van der Waals surface area (Å²) in [5.41, 5.74) is 2.18. The van der Waals surface area contributed by atoms with Crippen LogP contribution in [0.1, 0.15) is 30.9 Å². The van der Waals surface area contributed by atoms with Crippen molar-refractivity contribution in [2.24, 2.45) is 0 Å². The van der Waals surface area contributed by atoms with E-state index in [4.69, 9.17) is 4.74 Å². The molecule has 0 unspecified atom stereocenters. The zero-order valence-corrected chi connectivity index (χ0v) is 20.4. The normalized spacial score (nSPS) is 17.3. The standard InChI is InChI=1S/C27H29N3O4S/c1-2-3-4-7-15-28-26(31)17-24-20-34-19-23-11-6-5-10-22(23)18-30(24)35(32,33)25-14-8-12-21-13-9-16-29-27(21)25/h3-16,24H,2,17-20H2,1H3,(H,28,31)/b4-3-,15-7-/t24-/m1/s1. The average molecular weight is 492 g/mol. The monoisotopic (exact) mass is 491 g/mol. The fourth-order valence-electron chi connectivity index (χ4n) is 4.07. The lowest BCUT2D eigenvalue weighted by Gasteiger charge is -2.33. The molecule has 7 nitrogen and oxygen atoms in total. The molecular weight excluding hydrogens is 462 g/mol. The van der Waals surface area contributed by atoms with Crippen molar-refractivity contribution < 1.29 is 17.9 Å². The van der Waals surface area contributed by atoms with Crippen molar-refractivity contribution >= 4 is 26.8 Å². The number of carbonyl (C=O) groups is 1. The molecule has 2 heterocycles. The highest BCUT2D eigenvalue weighted by atomic mass is 32.2. The maximum atomic E-state index is 14.1. The molecule has 0 saturated carbocycles. The highest BCUT2D eigenvalue weighted by Crippen LogP contribution is 2.29. The minimum atomic E-state index is -4.02. The molecule has 4 rings (SSSR count). The molecule has 0 radical (unpaired) electrons. The van der Waals surface area contributed by atoms with Crippen molar-refractivity contribution in [2.75, 3.05) is 6.61 Å². The van der Waals surface area contributed by atoms with E-state index in [0.29, 0.717) is 12.1 Å². The second kappa shape index (κ2) is 11.4. The Kier molecular flexibility index (Phi) is 8.07. The van der Waals surface area contributed by atoms with Crippen LogP contribution in [-0.2, 0) is 32.7 Å². The van der Waals surface area contributed by atoms with E-state index >= 15 is 0 Å². The van der Waals surface area contributed by atoms with Crippen LogP contribution in [0.5, 0.6) is 0 Å². The number of hydrogen-bond donors (Lipinski definition) is 1. The number of carbonyl (C=O) groups excluding carboxylic acids is 1. The largest absolute Gasteiger partial charge is 0.375 e. The van der Waals surface area contributed by atoms with Gasteiger partial charge in [0.25, 0.3) is 0 Å². The minimum absolute atomic E-state index is 0.0403. The van der Waals surface area contributed by atoms with Crippen LogP contribution < -0.4 is 5.32 Å². The first-order valence-corrected chi connectivity index (χ1v) is 13.1. The summed E-state index contributed by atoms with van der Waals surface area (Å²) < 4.78 is 35.4. The molecule has 1 aliphatic rings. The zero-order valence-electron chi connectivity index (χ0n) is 19.6. The quantitative estimate of drug-likeness (QED) is 0.498. The van der Waals surface area contributed by atoms with Gasteiger partial charge in [-0.1, -0.05) is 61.5 Å². The van der Waals surface area contributed by atoms with Crippen molar-refractivity contribution in [3.8, 4) is 0 Å². The van der Waals surface area contributed by atoms with Crippen molar-refractivity contribution in [1.29, 1.82) is 0 Å². The molecule has 1 aromatic heterocycles. The van der Waals surface area contributed by atoms with Crippen molar-refractivity contribution in [2.45, 2.75) is 43.9 Å². The van der Waals surface area contributed by atoms with Gasteiger partial charge in [-0.15, -0.1) is 0 Å². The average Bonchev–Trinajstić information content (AvgIpc) is 2.85. The van der Waals surface area contributed by atoms with Crippen LogP contribution in [0.4, 0.5) is 0 Å². The van der Waals surface area contributed by atoms with Crippen LogP contribution in [0.3, 0.4) is 0 Å². The second-order valence-electron chi connectivity index (χ2n) is 8.29. The van der Waals surface area contributed by atoms with Gasteiger partial charge in [0.15, 0.2) is 0 Å². The molecule has 2 aromatic carbocycles. The smallest absolute Gasteiger partial charge is 0.245 e. The number of ether oxygens (including phenoxy) is 1. The Bertz CT molecular complexity index is 1350. The summed E-state index contributed by atoms with van der Waals surface area (Å²) in [6.45, 7) is 2.62. The number of fused-ring (bicyclic) bond motifs is 2. The fourth-order valence-corrected chi connectivity index (χ4v) is 5.83. The van der Waals surface area contributed by atoms with Crippen molar-refractivity contribution in [1.82, 2.24) is 14.6 Å². The Morgan fingerprint density at radius 1 is 1.11 bits per heavy atom. The van der Waals surface area contributed by atoms with E-state index < -0.39 is 16.1 Å². The van der Waals surface area contributed by atoms with Crippen LogP contribution in [0.15, 0.2) is 90.1 Å².